The lowest BCUT2D eigenvalue weighted by molar-refractivity contribution is 0.0931. The quantitative estimate of drug-likeness (QED) is 0.887. The van der Waals surface area contributed by atoms with Crippen LogP contribution in [-0.2, 0) is 0 Å². The fraction of sp³-hybridized carbons (Fsp3) is 0.583. The van der Waals surface area contributed by atoms with Crippen LogP contribution in [0.3, 0.4) is 0 Å². The van der Waals surface area contributed by atoms with E-state index in [1.54, 1.807) is 0 Å². The molecular formula is C12H16BrNOS. The number of hydrogen-bond donors (Lipinski definition) is 1. The number of halogens is 1. The van der Waals surface area contributed by atoms with Gasteiger partial charge in [-0.15, -0.1) is 11.3 Å². The van der Waals surface area contributed by atoms with Gasteiger partial charge in [-0.05, 0) is 52.1 Å². The maximum Gasteiger partial charge on any atom is 0.262 e. The van der Waals surface area contributed by atoms with Gasteiger partial charge in [-0.2, -0.15) is 0 Å². The normalized spacial score (nSPS) is 29.3. The number of carbonyl (C=O) groups excluding carboxylic acids is 1. The molecule has 2 rings (SSSR count). The van der Waals surface area contributed by atoms with Crippen molar-refractivity contribution in [3.8, 4) is 0 Å². The molecular weight excluding hydrogens is 286 g/mol. The van der Waals surface area contributed by atoms with Crippen molar-refractivity contribution >= 4 is 33.2 Å². The average molecular weight is 302 g/mol. The summed E-state index contributed by atoms with van der Waals surface area (Å²) in [5.41, 5.74) is 0. The smallest absolute Gasteiger partial charge is 0.262 e. The van der Waals surface area contributed by atoms with E-state index in [0.717, 1.165) is 21.7 Å². The van der Waals surface area contributed by atoms with E-state index >= 15 is 0 Å². The highest BCUT2D eigenvalue weighted by atomic mass is 79.9. The zero-order chi connectivity index (χ0) is 11.7. The van der Waals surface area contributed by atoms with E-state index in [0.29, 0.717) is 12.0 Å². The lowest BCUT2D eigenvalue weighted by Gasteiger charge is -2.19. The van der Waals surface area contributed by atoms with Crippen molar-refractivity contribution in [3.05, 3.63) is 20.8 Å². The van der Waals surface area contributed by atoms with Gasteiger partial charge in [0.25, 0.3) is 5.91 Å². The molecule has 0 radical (unpaired) electrons. The van der Waals surface area contributed by atoms with Gasteiger partial charge in [0.2, 0.25) is 0 Å². The number of hydrogen-bond acceptors (Lipinski definition) is 2. The number of carbonyl (C=O) groups is 1. The summed E-state index contributed by atoms with van der Waals surface area (Å²) < 4.78 is 0.897. The maximum atomic E-state index is 12.0. The molecule has 1 saturated carbocycles. The molecule has 0 saturated heterocycles. The summed E-state index contributed by atoms with van der Waals surface area (Å²) >= 11 is 4.88. The minimum Gasteiger partial charge on any atom is -0.348 e. The largest absolute Gasteiger partial charge is 0.348 e. The Bertz CT molecular complexity index is 390. The molecule has 4 heteroatoms. The van der Waals surface area contributed by atoms with Gasteiger partial charge in [0.1, 0.15) is 4.88 Å². The molecule has 16 heavy (non-hydrogen) atoms. The number of rotatable bonds is 2. The van der Waals surface area contributed by atoms with E-state index in [2.05, 4.69) is 35.1 Å². The van der Waals surface area contributed by atoms with Crippen LogP contribution >= 0.6 is 27.3 Å². The summed E-state index contributed by atoms with van der Waals surface area (Å²) in [5, 5.41) is 5.07. The predicted molar refractivity (Wildman–Crippen MR) is 70.8 cm³/mol. The molecule has 1 aromatic rings. The highest BCUT2D eigenvalue weighted by Crippen LogP contribution is 2.32. The molecule has 0 spiro atoms. The molecule has 2 nitrogen and oxygen atoms in total. The first-order valence-corrected chi connectivity index (χ1v) is 7.30. The monoisotopic (exact) mass is 301 g/mol. The molecule has 1 fully saturated rings. The average Bonchev–Trinajstić information content (AvgIpc) is 2.79. The summed E-state index contributed by atoms with van der Waals surface area (Å²) in [6.07, 6.45) is 2.33. The van der Waals surface area contributed by atoms with Crippen LogP contribution in [-0.4, -0.2) is 11.9 Å². The molecule has 1 N–H and O–H groups in total. The summed E-state index contributed by atoms with van der Waals surface area (Å²) in [7, 11) is 0. The second-order valence-corrected chi connectivity index (χ2v) is 6.36. The summed E-state index contributed by atoms with van der Waals surface area (Å²) in [6.45, 7) is 4.49. The van der Waals surface area contributed by atoms with Crippen molar-refractivity contribution in [1.29, 1.82) is 0 Å². The SMILES string of the molecule is CC1CCC(NC(=O)c2sccc2Br)C1C. The third kappa shape index (κ3) is 2.33. The number of amides is 1. The lowest BCUT2D eigenvalue weighted by Crippen LogP contribution is -2.37. The van der Waals surface area contributed by atoms with E-state index < -0.39 is 0 Å². The molecule has 3 unspecified atom stereocenters. The van der Waals surface area contributed by atoms with Crippen LogP contribution in [0, 0.1) is 11.8 Å². The topological polar surface area (TPSA) is 29.1 Å². The van der Waals surface area contributed by atoms with Crippen LogP contribution in [0.15, 0.2) is 15.9 Å². The van der Waals surface area contributed by atoms with E-state index in [-0.39, 0.29) is 5.91 Å². The molecule has 0 aromatic carbocycles. The van der Waals surface area contributed by atoms with Crippen molar-refractivity contribution in [1.82, 2.24) is 5.32 Å². The lowest BCUT2D eigenvalue weighted by atomic mass is 9.98. The molecule has 1 aliphatic carbocycles. The molecule has 1 heterocycles. The van der Waals surface area contributed by atoms with Gasteiger partial charge in [-0.25, -0.2) is 0 Å². The second kappa shape index (κ2) is 4.88. The minimum absolute atomic E-state index is 0.0628. The van der Waals surface area contributed by atoms with Gasteiger partial charge in [0, 0.05) is 10.5 Å². The van der Waals surface area contributed by atoms with Crippen LogP contribution in [0.4, 0.5) is 0 Å². The molecule has 1 amide bonds. The number of thiophene rings is 1. The predicted octanol–water partition coefficient (Wildman–Crippen LogP) is 3.68. The Labute approximate surface area is 109 Å². The van der Waals surface area contributed by atoms with E-state index in [4.69, 9.17) is 0 Å². The second-order valence-electron chi connectivity index (χ2n) is 4.59. The third-order valence-electron chi connectivity index (χ3n) is 3.61. The highest BCUT2D eigenvalue weighted by Gasteiger charge is 2.31. The van der Waals surface area contributed by atoms with Crippen LogP contribution in [0.1, 0.15) is 36.4 Å². The Kier molecular flexibility index (Phi) is 3.70. The Morgan fingerprint density at radius 1 is 1.50 bits per heavy atom. The summed E-state index contributed by atoms with van der Waals surface area (Å²) in [6, 6.07) is 2.26. The van der Waals surface area contributed by atoms with Gasteiger partial charge in [-0.3, -0.25) is 4.79 Å². The first-order valence-electron chi connectivity index (χ1n) is 5.63. The molecule has 88 valence electrons. The van der Waals surface area contributed by atoms with Gasteiger partial charge in [0.05, 0.1) is 0 Å². The minimum atomic E-state index is 0.0628. The highest BCUT2D eigenvalue weighted by molar-refractivity contribution is 9.10. The van der Waals surface area contributed by atoms with Gasteiger partial charge in [0.15, 0.2) is 0 Å². The van der Waals surface area contributed by atoms with Crippen LogP contribution in [0.25, 0.3) is 0 Å². The van der Waals surface area contributed by atoms with Crippen LogP contribution < -0.4 is 5.32 Å². The van der Waals surface area contributed by atoms with Crippen molar-refractivity contribution in [2.24, 2.45) is 11.8 Å². The Morgan fingerprint density at radius 2 is 2.25 bits per heavy atom. The standard InChI is InChI=1S/C12H16BrNOS/c1-7-3-4-10(8(7)2)14-12(15)11-9(13)5-6-16-11/h5-8,10H,3-4H2,1-2H3,(H,14,15). The van der Waals surface area contributed by atoms with Crippen LogP contribution in [0.5, 0.6) is 0 Å². The van der Waals surface area contributed by atoms with E-state index in [1.807, 2.05) is 11.4 Å². The van der Waals surface area contributed by atoms with E-state index in [1.165, 1.54) is 17.8 Å². The van der Waals surface area contributed by atoms with Crippen molar-refractivity contribution in [2.75, 3.05) is 0 Å². The fourth-order valence-corrected chi connectivity index (χ4v) is 3.71. The first-order chi connectivity index (χ1) is 7.59. The molecule has 0 aliphatic heterocycles. The van der Waals surface area contributed by atoms with Crippen molar-refractivity contribution in [2.45, 2.75) is 32.7 Å². The Morgan fingerprint density at radius 3 is 2.75 bits per heavy atom. The molecule has 0 bridgehead atoms. The first kappa shape index (κ1) is 12.1. The van der Waals surface area contributed by atoms with Crippen molar-refractivity contribution in [3.63, 3.8) is 0 Å². The number of nitrogens with one attached hydrogen (secondary N) is 1. The zero-order valence-electron chi connectivity index (χ0n) is 9.50. The molecule has 1 aliphatic rings. The van der Waals surface area contributed by atoms with E-state index in [9.17, 15) is 4.79 Å². The summed E-state index contributed by atoms with van der Waals surface area (Å²) in [5.74, 6) is 1.37. The van der Waals surface area contributed by atoms with Gasteiger partial charge in [-0.1, -0.05) is 13.8 Å². The van der Waals surface area contributed by atoms with Gasteiger partial charge >= 0.3 is 0 Å². The molecule has 1 aromatic heterocycles. The molecule has 3 atom stereocenters. The van der Waals surface area contributed by atoms with Gasteiger partial charge < -0.3 is 5.32 Å². The Hall–Kier alpha value is -0.350. The Balaban J connectivity index is 2.01. The fourth-order valence-electron chi connectivity index (χ4n) is 2.26. The summed E-state index contributed by atoms with van der Waals surface area (Å²) in [4.78, 5) is 12.8. The third-order valence-corrected chi connectivity index (χ3v) is 5.44. The zero-order valence-corrected chi connectivity index (χ0v) is 11.9. The van der Waals surface area contributed by atoms with Crippen molar-refractivity contribution < 1.29 is 4.79 Å². The maximum absolute atomic E-state index is 12.0. The van der Waals surface area contributed by atoms with Crippen LogP contribution in [0.2, 0.25) is 0 Å².